The van der Waals surface area contributed by atoms with Gasteiger partial charge < -0.3 is 20.1 Å². The van der Waals surface area contributed by atoms with Crippen LogP contribution in [0, 0.1) is 19.7 Å². The summed E-state index contributed by atoms with van der Waals surface area (Å²) in [6, 6.07) is 6.73. The van der Waals surface area contributed by atoms with E-state index in [2.05, 4.69) is 25.8 Å². The number of aromatic hydroxyl groups is 1. The van der Waals surface area contributed by atoms with Gasteiger partial charge in [0.05, 0.1) is 52.5 Å². The highest BCUT2D eigenvalue weighted by Crippen LogP contribution is 2.33. The average molecular weight is 533 g/mol. The Hall–Kier alpha value is -3.47. The van der Waals surface area contributed by atoms with E-state index in [1.54, 1.807) is 24.0 Å². The van der Waals surface area contributed by atoms with Crippen LogP contribution in [0.25, 0.3) is 0 Å². The largest absolute Gasteiger partial charge is 0.506 e. The van der Waals surface area contributed by atoms with Crippen LogP contribution in [-0.2, 0) is 4.74 Å². The summed E-state index contributed by atoms with van der Waals surface area (Å²) in [6.07, 6.45) is 2.27. The molecule has 1 aliphatic rings. The van der Waals surface area contributed by atoms with Crippen molar-refractivity contribution in [2.75, 3.05) is 41.9 Å². The van der Waals surface area contributed by atoms with Crippen LogP contribution in [0.3, 0.4) is 0 Å². The molecule has 9 nitrogen and oxygen atoms in total. The van der Waals surface area contributed by atoms with Crippen LogP contribution in [0.1, 0.15) is 27.0 Å². The number of anilines is 3. The SMILES string of the molecule is Cc1cccc(Cl)c1NC(=O)c1c(C)cc(Cl)c(O)c1/C=N\Nc1ncc(F)c(N2CCOCC2)n1. The Morgan fingerprint density at radius 3 is 2.69 bits per heavy atom. The number of rotatable bonds is 6. The molecule has 1 aromatic heterocycles. The van der Waals surface area contributed by atoms with E-state index < -0.39 is 11.7 Å². The summed E-state index contributed by atoms with van der Waals surface area (Å²) in [5, 5.41) is 17.9. The van der Waals surface area contributed by atoms with E-state index in [4.69, 9.17) is 27.9 Å². The number of morpholine rings is 1. The summed E-state index contributed by atoms with van der Waals surface area (Å²) in [5.74, 6) is -1.25. The Labute approximate surface area is 216 Å². The van der Waals surface area contributed by atoms with Crippen molar-refractivity contribution in [3.05, 3.63) is 68.6 Å². The molecular weight excluding hydrogens is 510 g/mol. The lowest BCUT2D eigenvalue weighted by molar-refractivity contribution is 0.102. The van der Waals surface area contributed by atoms with Gasteiger partial charge in [0.25, 0.3) is 5.91 Å². The number of carbonyl (C=O) groups is 1. The molecular formula is C24H23Cl2FN6O3. The molecule has 2 aromatic carbocycles. The van der Waals surface area contributed by atoms with E-state index >= 15 is 0 Å². The third-order valence-corrected chi connectivity index (χ3v) is 6.17. The van der Waals surface area contributed by atoms with E-state index in [0.717, 1.165) is 11.8 Å². The van der Waals surface area contributed by atoms with Crippen LogP contribution >= 0.6 is 23.2 Å². The van der Waals surface area contributed by atoms with E-state index in [0.29, 0.717) is 42.6 Å². The van der Waals surface area contributed by atoms with E-state index in [9.17, 15) is 14.3 Å². The van der Waals surface area contributed by atoms with Crippen molar-refractivity contribution >= 4 is 52.8 Å². The number of hydrazone groups is 1. The quantitative estimate of drug-likeness (QED) is 0.309. The molecule has 1 amide bonds. The number of hydrogen-bond donors (Lipinski definition) is 3. The van der Waals surface area contributed by atoms with Crippen molar-refractivity contribution in [1.29, 1.82) is 0 Å². The zero-order valence-electron chi connectivity index (χ0n) is 19.5. The molecule has 4 rings (SSSR count). The lowest BCUT2D eigenvalue weighted by Crippen LogP contribution is -2.37. The predicted molar refractivity (Wildman–Crippen MR) is 138 cm³/mol. The van der Waals surface area contributed by atoms with Gasteiger partial charge >= 0.3 is 0 Å². The predicted octanol–water partition coefficient (Wildman–Crippen LogP) is 4.78. The minimum atomic E-state index is -0.566. The second kappa shape index (κ2) is 11.1. The lowest BCUT2D eigenvalue weighted by atomic mass is 10.00. The molecule has 1 saturated heterocycles. The summed E-state index contributed by atoms with van der Waals surface area (Å²) in [5.41, 5.74) is 4.57. The van der Waals surface area contributed by atoms with Crippen molar-refractivity contribution < 1.29 is 19.0 Å². The number of benzene rings is 2. The van der Waals surface area contributed by atoms with Gasteiger partial charge in [-0.1, -0.05) is 35.3 Å². The van der Waals surface area contributed by atoms with Gasteiger partial charge in [-0.15, -0.1) is 0 Å². The number of aromatic nitrogens is 2. The minimum absolute atomic E-state index is 0.0325. The Morgan fingerprint density at radius 1 is 1.22 bits per heavy atom. The highest BCUT2D eigenvalue weighted by atomic mass is 35.5. The highest BCUT2D eigenvalue weighted by Gasteiger charge is 2.21. The fourth-order valence-electron chi connectivity index (χ4n) is 3.75. The van der Waals surface area contributed by atoms with Crippen LogP contribution < -0.4 is 15.6 Å². The Morgan fingerprint density at radius 2 is 1.97 bits per heavy atom. The van der Waals surface area contributed by atoms with Crippen molar-refractivity contribution in [2.45, 2.75) is 13.8 Å². The number of halogens is 3. The second-order valence-corrected chi connectivity index (χ2v) is 8.85. The topological polar surface area (TPSA) is 112 Å². The molecule has 0 saturated carbocycles. The summed E-state index contributed by atoms with van der Waals surface area (Å²) >= 11 is 12.4. The molecule has 0 atom stereocenters. The first kappa shape index (κ1) is 25.6. The zero-order chi connectivity index (χ0) is 25.8. The number of nitrogens with one attached hydrogen (secondary N) is 2. The monoisotopic (exact) mass is 532 g/mol. The van der Waals surface area contributed by atoms with Crippen LogP contribution in [0.4, 0.5) is 21.8 Å². The van der Waals surface area contributed by atoms with Crippen molar-refractivity contribution in [1.82, 2.24) is 9.97 Å². The van der Waals surface area contributed by atoms with E-state index in [1.807, 2.05) is 13.0 Å². The maximum absolute atomic E-state index is 14.3. The zero-order valence-corrected chi connectivity index (χ0v) is 21.0. The maximum Gasteiger partial charge on any atom is 0.256 e. The van der Waals surface area contributed by atoms with Crippen LogP contribution in [0.5, 0.6) is 5.75 Å². The molecule has 0 aliphatic carbocycles. The Kier molecular flexibility index (Phi) is 7.88. The normalized spacial score (nSPS) is 13.8. The third kappa shape index (κ3) is 5.51. The minimum Gasteiger partial charge on any atom is -0.506 e. The Balaban J connectivity index is 1.61. The summed E-state index contributed by atoms with van der Waals surface area (Å²) in [7, 11) is 0. The molecule has 0 radical (unpaired) electrons. The van der Waals surface area contributed by atoms with Gasteiger partial charge in [0.2, 0.25) is 5.95 Å². The molecule has 2 heterocycles. The number of nitrogens with zero attached hydrogens (tertiary/aromatic N) is 4. The third-order valence-electron chi connectivity index (χ3n) is 5.57. The first-order valence-corrected chi connectivity index (χ1v) is 11.7. The standard InChI is InChI=1S/C24H23Cl2FN6O3/c1-13-4-3-5-16(25)20(13)30-23(35)19-14(2)10-17(26)21(34)15(19)11-29-32-24-28-12-18(27)22(31-24)33-6-8-36-9-7-33/h3-5,10-12,34H,6-9H2,1-2H3,(H,30,35)(H,28,31,32)/b29-11-. The summed E-state index contributed by atoms with van der Waals surface area (Å²) in [4.78, 5) is 23.1. The molecule has 0 spiro atoms. The summed E-state index contributed by atoms with van der Waals surface area (Å²) < 4.78 is 19.6. The Bertz CT molecular complexity index is 1310. The van der Waals surface area contributed by atoms with Crippen LogP contribution in [-0.4, -0.2) is 53.5 Å². The van der Waals surface area contributed by atoms with Crippen LogP contribution in [0.15, 0.2) is 35.6 Å². The second-order valence-electron chi connectivity index (χ2n) is 8.03. The summed E-state index contributed by atoms with van der Waals surface area (Å²) in [6.45, 7) is 5.42. The smallest absolute Gasteiger partial charge is 0.256 e. The van der Waals surface area contributed by atoms with Gasteiger partial charge in [-0.3, -0.25) is 4.79 Å². The van der Waals surface area contributed by atoms with Crippen molar-refractivity contribution in [2.24, 2.45) is 5.10 Å². The van der Waals surface area contributed by atoms with Gasteiger partial charge in [-0.25, -0.2) is 14.8 Å². The number of aryl methyl sites for hydroxylation is 2. The van der Waals surface area contributed by atoms with Gasteiger partial charge in [-0.05, 0) is 37.1 Å². The molecule has 0 bridgehead atoms. The number of para-hydroxylation sites is 1. The molecule has 0 unspecified atom stereocenters. The first-order chi connectivity index (χ1) is 17.3. The molecule has 3 N–H and O–H groups in total. The first-order valence-electron chi connectivity index (χ1n) is 11.0. The maximum atomic E-state index is 14.3. The number of phenolic OH excluding ortho intramolecular Hbond substituents is 1. The molecule has 188 valence electrons. The van der Waals surface area contributed by atoms with Gasteiger partial charge in [0.1, 0.15) is 5.75 Å². The van der Waals surface area contributed by atoms with Crippen molar-refractivity contribution in [3.63, 3.8) is 0 Å². The van der Waals surface area contributed by atoms with Gasteiger partial charge in [0, 0.05) is 13.1 Å². The van der Waals surface area contributed by atoms with Crippen LogP contribution in [0.2, 0.25) is 10.0 Å². The lowest BCUT2D eigenvalue weighted by Gasteiger charge is -2.27. The molecule has 3 aromatic rings. The number of ether oxygens (including phenoxy) is 1. The molecule has 1 fully saturated rings. The fraction of sp³-hybridized carbons (Fsp3) is 0.250. The molecule has 36 heavy (non-hydrogen) atoms. The molecule has 12 heteroatoms. The number of hydrogen-bond acceptors (Lipinski definition) is 8. The van der Waals surface area contributed by atoms with Gasteiger partial charge in [0.15, 0.2) is 11.6 Å². The average Bonchev–Trinajstić information content (AvgIpc) is 2.86. The fourth-order valence-corrected chi connectivity index (χ4v) is 4.28. The number of carbonyl (C=O) groups excluding carboxylic acids is 1. The number of amides is 1. The number of phenols is 1. The van der Waals surface area contributed by atoms with E-state index in [1.165, 1.54) is 12.3 Å². The highest BCUT2D eigenvalue weighted by molar-refractivity contribution is 6.34. The van der Waals surface area contributed by atoms with Crippen molar-refractivity contribution in [3.8, 4) is 5.75 Å². The van der Waals surface area contributed by atoms with Gasteiger partial charge in [-0.2, -0.15) is 10.1 Å². The molecule has 1 aliphatic heterocycles. The van der Waals surface area contributed by atoms with E-state index in [-0.39, 0.29) is 33.7 Å².